The molecule has 1 aromatic carbocycles. The zero-order valence-corrected chi connectivity index (χ0v) is 10.7. The van der Waals surface area contributed by atoms with E-state index < -0.39 is 0 Å². The molecule has 0 aliphatic carbocycles. The Labute approximate surface area is 108 Å². The zero-order valence-electron chi connectivity index (χ0n) is 10.7. The van der Waals surface area contributed by atoms with Crippen LogP contribution in [0.1, 0.15) is 18.4 Å². The summed E-state index contributed by atoms with van der Waals surface area (Å²) in [5, 5.41) is 6.33. The number of rotatable bonds is 5. The van der Waals surface area contributed by atoms with Crippen LogP contribution < -0.4 is 15.4 Å². The second-order valence-electron chi connectivity index (χ2n) is 4.62. The van der Waals surface area contributed by atoms with Gasteiger partial charge in [-0.2, -0.15) is 0 Å². The topological polar surface area (TPSA) is 50.4 Å². The van der Waals surface area contributed by atoms with Crippen LogP contribution in [0.5, 0.6) is 5.75 Å². The van der Waals surface area contributed by atoms with Crippen LogP contribution in [0.3, 0.4) is 0 Å². The van der Waals surface area contributed by atoms with Gasteiger partial charge in [0.25, 0.3) is 0 Å². The lowest BCUT2D eigenvalue weighted by Crippen LogP contribution is -2.37. The van der Waals surface area contributed by atoms with Crippen LogP contribution >= 0.6 is 0 Å². The molecule has 98 valence electrons. The summed E-state index contributed by atoms with van der Waals surface area (Å²) in [6, 6.07) is 8.05. The molecule has 1 amide bonds. The molecule has 0 spiro atoms. The van der Waals surface area contributed by atoms with E-state index >= 15 is 0 Å². The standard InChI is InChI=1S/C14H20N2O2/c1-18-13-6-4-11(5-7-13)9-14(17)16-10-12-3-2-8-15-12/h4-7,12,15H,2-3,8-10H2,1H3,(H,16,17). The molecule has 1 aromatic rings. The van der Waals surface area contributed by atoms with Crippen molar-refractivity contribution >= 4 is 5.91 Å². The van der Waals surface area contributed by atoms with Crippen molar-refractivity contribution in [3.8, 4) is 5.75 Å². The first-order valence-corrected chi connectivity index (χ1v) is 6.41. The molecular weight excluding hydrogens is 228 g/mol. The van der Waals surface area contributed by atoms with Crippen molar-refractivity contribution in [1.82, 2.24) is 10.6 Å². The van der Waals surface area contributed by atoms with Crippen LogP contribution in [-0.4, -0.2) is 32.1 Å². The summed E-state index contributed by atoms with van der Waals surface area (Å²) in [6.45, 7) is 1.80. The van der Waals surface area contributed by atoms with Crippen molar-refractivity contribution in [2.24, 2.45) is 0 Å². The Morgan fingerprint density at radius 2 is 2.22 bits per heavy atom. The Morgan fingerprint density at radius 1 is 1.44 bits per heavy atom. The highest BCUT2D eigenvalue weighted by Gasteiger charge is 2.14. The van der Waals surface area contributed by atoms with Crippen LogP contribution in [0, 0.1) is 0 Å². The van der Waals surface area contributed by atoms with Gasteiger partial charge in [-0.1, -0.05) is 12.1 Å². The highest BCUT2D eigenvalue weighted by molar-refractivity contribution is 5.78. The molecule has 0 bridgehead atoms. The number of benzene rings is 1. The van der Waals surface area contributed by atoms with Crippen molar-refractivity contribution < 1.29 is 9.53 Å². The zero-order chi connectivity index (χ0) is 12.8. The number of methoxy groups -OCH3 is 1. The largest absolute Gasteiger partial charge is 0.497 e. The minimum atomic E-state index is 0.0777. The molecule has 18 heavy (non-hydrogen) atoms. The molecule has 2 rings (SSSR count). The number of nitrogens with one attached hydrogen (secondary N) is 2. The van der Waals surface area contributed by atoms with Crippen LogP contribution in [-0.2, 0) is 11.2 Å². The van der Waals surface area contributed by atoms with Gasteiger partial charge in [0, 0.05) is 12.6 Å². The average molecular weight is 248 g/mol. The lowest BCUT2D eigenvalue weighted by atomic mass is 10.1. The molecule has 2 N–H and O–H groups in total. The average Bonchev–Trinajstić information content (AvgIpc) is 2.90. The van der Waals surface area contributed by atoms with E-state index in [0.29, 0.717) is 12.5 Å². The lowest BCUT2D eigenvalue weighted by molar-refractivity contribution is -0.120. The molecule has 4 nitrogen and oxygen atoms in total. The minimum absolute atomic E-state index is 0.0777. The summed E-state index contributed by atoms with van der Waals surface area (Å²) >= 11 is 0. The maximum Gasteiger partial charge on any atom is 0.224 e. The maximum absolute atomic E-state index is 11.8. The van der Waals surface area contributed by atoms with E-state index in [2.05, 4.69) is 10.6 Å². The van der Waals surface area contributed by atoms with Crippen molar-refractivity contribution in [2.45, 2.75) is 25.3 Å². The summed E-state index contributed by atoms with van der Waals surface area (Å²) in [6.07, 6.45) is 2.79. The molecule has 1 aliphatic heterocycles. The van der Waals surface area contributed by atoms with Gasteiger partial charge in [0.1, 0.15) is 5.75 Å². The number of hydrogen-bond acceptors (Lipinski definition) is 3. The van der Waals surface area contributed by atoms with E-state index in [1.807, 2.05) is 24.3 Å². The van der Waals surface area contributed by atoms with E-state index in [0.717, 1.165) is 30.8 Å². The SMILES string of the molecule is COc1ccc(CC(=O)NCC2CCCN2)cc1. The first-order valence-electron chi connectivity index (χ1n) is 6.41. The van der Waals surface area contributed by atoms with Crippen LogP contribution in [0.25, 0.3) is 0 Å². The van der Waals surface area contributed by atoms with Gasteiger partial charge in [0.05, 0.1) is 13.5 Å². The minimum Gasteiger partial charge on any atom is -0.497 e. The Bertz CT molecular complexity index is 383. The third-order valence-electron chi connectivity index (χ3n) is 3.23. The summed E-state index contributed by atoms with van der Waals surface area (Å²) < 4.78 is 5.08. The quantitative estimate of drug-likeness (QED) is 0.820. The fraction of sp³-hybridized carbons (Fsp3) is 0.500. The third-order valence-corrected chi connectivity index (χ3v) is 3.23. The predicted octanol–water partition coefficient (Wildman–Crippen LogP) is 1.11. The monoisotopic (exact) mass is 248 g/mol. The van der Waals surface area contributed by atoms with E-state index in [1.165, 1.54) is 6.42 Å². The molecule has 1 unspecified atom stereocenters. The van der Waals surface area contributed by atoms with Crippen molar-refractivity contribution in [3.63, 3.8) is 0 Å². The maximum atomic E-state index is 11.8. The molecule has 1 atom stereocenters. The molecule has 1 heterocycles. The third kappa shape index (κ3) is 3.74. The highest BCUT2D eigenvalue weighted by Crippen LogP contribution is 2.11. The van der Waals surface area contributed by atoms with Gasteiger partial charge < -0.3 is 15.4 Å². The fourth-order valence-corrected chi connectivity index (χ4v) is 2.16. The smallest absolute Gasteiger partial charge is 0.224 e. The van der Waals surface area contributed by atoms with Crippen LogP contribution in [0.4, 0.5) is 0 Å². The van der Waals surface area contributed by atoms with Gasteiger partial charge in [-0.15, -0.1) is 0 Å². The predicted molar refractivity (Wildman–Crippen MR) is 70.7 cm³/mol. The van der Waals surface area contributed by atoms with Crippen molar-refractivity contribution in [2.75, 3.05) is 20.2 Å². The van der Waals surface area contributed by atoms with E-state index in [4.69, 9.17) is 4.74 Å². The normalized spacial score (nSPS) is 18.6. The van der Waals surface area contributed by atoms with E-state index in [-0.39, 0.29) is 5.91 Å². The Hall–Kier alpha value is -1.55. The second kappa shape index (κ2) is 6.40. The first kappa shape index (κ1) is 12.9. The van der Waals surface area contributed by atoms with Gasteiger partial charge in [0.15, 0.2) is 0 Å². The van der Waals surface area contributed by atoms with Crippen molar-refractivity contribution in [1.29, 1.82) is 0 Å². The number of hydrogen-bond donors (Lipinski definition) is 2. The van der Waals surface area contributed by atoms with Gasteiger partial charge in [-0.05, 0) is 37.1 Å². The fourth-order valence-electron chi connectivity index (χ4n) is 2.16. The number of carbonyl (C=O) groups excluding carboxylic acids is 1. The molecule has 1 aliphatic rings. The molecule has 0 radical (unpaired) electrons. The summed E-state index contributed by atoms with van der Waals surface area (Å²) in [4.78, 5) is 11.8. The molecule has 0 saturated carbocycles. The van der Waals surface area contributed by atoms with Gasteiger partial charge in [-0.25, -0.2) is 0 Å². The number of ether oxygens (including phenoxy) is 1. The van der Waals surface area contributed by atoms with Gasteiger partial charge >= 0.3 is 0 Å². The van der Waals surface area contributed by atoms with Crippen molar-refractivity contribution in [3.05, 3.63) is 29.8 Å². The van der Waals surface area contributed by atoms with Crippen LogP contribution in [0.2, 0.25) is 0 Å². The Morgan fingerprint density at radius 3 is 2.83 bits per heavy atom. The van der Waals surface area contributed by atoms with E-state index in [1.54, 1.807) is 7.11 Å². The number of amides is 1. The Kier molecular flexibility index (Phi) is 4.59. The molecule has 0 aromatic heterocycles. The summed E-state index contributed by atoms with van der Waals surface area (Å²) in [5.41, 5.74) is 1.01. The lowest BCUT2D eigenvalue weighted by Gasteiger charge is -2.11. The molecule has 4 heteroatoms. The summed E-state index contributed by atoms with van der Waals surface area (Å²) in [7, 11) is 1.64. The molecule has 1 fully saturated rings. The number of carbonyl (C=O) groups is 1. The Balaban J connectivity index is 1.75. The second-order valence-corrected chi connectivity index (χ2v) is 4.62. The first-order chi connectivity index (χ1) is 8.78. The summed E-state index contributed by atoms with van der Waals surface area (Å²) in [5.74, 6) is 0.892. The highest BCUT2D eigenvalue weighted by atomic mass is 16.5. The van der Waals surface area contributed by atoms with Gasteiger partial charge in [0.2, 0.25) is 5.91 Å². The van der Waals surface area contributed by atoms with Crippen LogP contribution in [0.15, 0.2) is 24.3 Å². The van der Waals surface area contributed by atoms with E-state index in [9.17, 15) is 4.79 Å². The molecule has 1 saturated heterocycles. The molecular formula is C14H20N2O2. The van der Waals surface area contributed by atoms with Gasteiger partial charge in [-0.3, -0.25) is 4.79 Å².